The second-order valence-electron chi connectivity index (χ2n) is 9.92. The lowest BCUT2D eigenvalue weighted by Gasteiger charge is -2.12. The lowest BCUT2D eigenvalue weighted by atomic mass is 9.95. The molecular weight excluding hydrogens is 460 g/mol. The molecular formula is C36H26N2. The van der Waals surface area contributed by atoms with Crippen molar-refractivity contribution in [1.82, 2.24) is 9.97 Å². The molecule has 2 nitrogen and oxygen atoms in total. The van der Waals surface area contributed by atoms with Crippen LogP contribution in [0.2, 0.25) is 0 Å². The lowest BCUT2D eigenvalue weighted by molar-refractivity contribution is 1.33. The molecule has 0 amide bonds. The molecule has 0 aliphatic heterocycles. The monoisotopic (exact) mass is 486 g/mol. The quantitative estimate of drug-likeness (QED) is 0.232. The first kappa shape index (κ1) is 22.4. The number of benzene rings is 5. The van der Waals surface area contributed by atoms with E-state index in [4.69, 9.17) is 4.98 Å². The number of nitrogens with zero attached hydrogens (tertiary/aromatic N) is 2. The van der Waals surface area contributed by atoms with Crippen LogP contribution in [0.3, 0.4) is 0 Å². The Bertz CT molecular complexity index is 1960. The van der Waals surface area contributed by atoms with Gasteiger partial charge in [0.05, 0.1) is 16.7 Å². The van der Waals surface area contributed by atoms with E-state index in [0.29, 0.717) is 0 Å². The molecule has 2 heterocycles. The Morgan fingerprint density at radius 3 is 1.82 bits per heavy atom. The molecule has 0 aliphatic rings. The minimum atomic E-state index is 0.963. The van der Waals surface area contributed by atoms with Crippen LogP contribution < -0.4 is 0 Å². The number of aromatic nitrogens is 2. The fourth-order valence-electron chi connectivity index (χ4n) is 5.56. The van der Waals surface area contributed by atoms with Crippen LogP contribution in [0.1, 0.15) is 11.1 Å². The van der Waals surface area contributed by atoms with Crippen molar-refractivity contribution < 1.29 is 0 Å². The predicted octanol–water partition coefficient (Wildman–Crippen LogP) is 9.55. The van der Waals surface area contributed by atoms with Crippen LogP contribution in [0, 0.1) is 13.8 Å². The summed E-state index contributed by atoms with van der Waals surface area (Å²) in [5.41, 5.74) is 11.4. The average Bonchev–Trinajstić information content (AvgIpc) is 2.99. The molecule has 0 atom stereocenters. The first-order valence-corrected chi connectivity index (χ1v) is 13.0. The van der Waals surface area contributed by atoms with Crippen molar-refractivity contribution in [2.45, 2.75) is 13.8 Å². The smallest absolute Gasteiger partial charge is 0.0974 e. The lowest BCUT2D eigenvalue weighted by Crippen LogP contribution is -1.94. The van der Waals surface area contributed by atoms with E-state index in [2.05, 4.69) is 128 Å². The topological polar surface area (TPSA) is 25.8 Å². The van der Waals surface area contributed by atoms with Crippen molar-refractivity contribution in [2.24, 2.45) is 0 Å². The van der Waals surface area contributed by atoms with E-state index >= 15 is 0 Å². The minimum Gasteiger partial charge on any atom is -0.254 e. The highest BCUT2D eigenvalue weighted by molar-refractivity contribution is 6.07. The Kier molecular flexibility index (Phi) is 5.26. The summed E-state index contributed by atoms with van der Waals surface area (Å²) in [5.74, 6) is 0. The third-order valence-corrected chi connectivity index (χ3v) is 7.80. The molecule has 0 saturated carbocycles. The molecule has 7 rings (SSSR count). The third-order valence-electron chi connectivity index (χ3n) is 7.80. The van der Waals surface area contributed by atoms with Gasteiger partial charge < -0.3 is 0 Å². The molecule has 2 heteroatoms. The Hall–Kier alpha value is -4.82. The van der Waals surface area contributed by atoms with Crippen LogP contribution in [0.15, 0.2) is 121 Å². The van der Waals surface area contributed by atoms with Crippen molar-refractivity contribution in [3.8, 4) is 33.5 Å². The van der Waals surface area contributed by atoms with E-state index in [1.54, 1.807) is 0 Å². The minimum absolute atomic E-state index is 0.963. The van der Waals surface area contributed by atoms with E-state index in [-0.39, 0.29) is 0 Å². The van der Waals surface area contributed by atoms with E-state index in [1.165, 1.54) is 54.9 Å². The number of aryl methyl sites for hydroxylation is 2. The SMILES string of the molecule is Cc1c(C)c2ccc(-c3ccc(-c4ccc(-c5cccc6ccccc56)cc4)cc3)nc2c2ncccc12. The zero-order chi connectivity index (χ0) is 25.6. The van der Waals surface area contributed by atoms with Crippen molar-refractivity contribution in [2.75, 3.05) is 0 Å². The van der Waals surface area contributed by atoms with Crippen LogP contribution in [0.4, 0.5) is 0 Å². The standard InChI is InChI=1S/C36H26N2/c1-23-24(2)31-20-21-34(38-36(31)35-30(23)11-6-22-37-35)29-18-14-26(15-19-29)25-12-16-28(17-13-25)33-10-5-8-27-7-3-4-9-32(27)33/h3-22H,1-2H3. The van der Waals surface area contributed by atoms with E-state index in [9.17, 15) is 0 Å². The molecule has 0 aliphatic carbocycles. The average molecular weight is 487 g/mol. The summed E-state index contributed by atoms with van der Waals surface area (Å²) < 4.78 is 0. The molecule has 180 valence electrons. The molecule has 5 aromatic carbocycles. The summed E-state index contributed by atoms with van der Waals surface area (Å²) in [6.07, 6.45) is 1.85. The number of pyridine rings is 2. The van der Waals surface area contributed by atoms with Gasteiger partial charge >= 0.3 is 0 Å². The molecule has 0 N–H and O–H groups in total. The molecule has 0 saturated heterocycles. The van der Waals surface area contributed by atoms with Crippen LogP contribution in [0.25, 0.3) is 66.1 Å². The molecule has 0 spiro atoms. The summed E-state index contributed by atoms with van der Waals surface area (Å²) in [4.78, 5) is 9.77. The van der Waals surface area contributed by atoms with E-state index < -0.39 is 0 Å². The van der Waals surface area contributed by atoms with Gasteiger partial charge in [-0.05, 0) is 70.1 Å². The Morgan fingerprint density at radius 1 is 0.447 bits per heavy atom. The van der Waals surface area contributed by atoms with Crippen molar-refractivity contribution in [1.29, 1.82) is 0 Å². The highest BCUT2D eigenvalue weighted by atomic mass is 14.8. The normalized spacial score (nSPS) is 11.4. The Labute approximate surface area is 222 Å². The Balaban J connectivity index is 1.23. The van der Waals surface area contributed by atoms with Crippen molar-refractivity contribution in [3.63, 3.8) is 0 Å². The first-order valence-electron chi connectivity index (χ1n) is 13.0. The zero-order valence-corrected chi connectivity index (χ0v) is 21.4. The third kappa shape index (κ3) is 3.65. The van der Waals surface area contributed by atoms with Crippen molar-refractivity contribution >= 4 is 32.6 Å². The fraction of sp³-hybridized carbons (Fsp3) is 0.0556. The molecule has 7 aromatic rings. The zero-order valence-electron chi connectivity index (χ0n) is 21.4. The highest BCUT2D eigenvalue weighted by Gasteiger charge is 2.12. The van der Waals surface area contributed by atoms with Crippen LogP contribution in [-0.2, 0) is 0 Å². The van der Waals surface area contributed by atoms with E-state index in [1.807, 2.05) is 12.3 Å². The largest absolute Gasteiger partial charge is 0.254 e. The van der Waals surface area contributed by atoms with Crippen LogP contribution >= 0.6 is 0 Å². The maximum atomic E-state index is 5.09. The van der Waals surface area contributed by atoms with Crippen molar-refractivity contribution in [3.05, 3.63) is 133 Å². The molecule has 0 unspecified atom stereocenters. The van der Waals surface area contributed by atoms with Gasteiger partial charge in [-0.15, -0.1) is 0 Å². The maximum Gasteiger partial charge on any atom is 0.0974 e. The summed E-state index contributed by atoms with van der Waals surface area (Å²) in [7, 11) is 0. The molecule has 0 radical (unpaired) electrons. The molecule has 38 heavy (non-hydrogen) atoms. The van der Waals surface area contributed by atoms with Gasteiger partial charge in [-0.2, -0.15) is 0 Å². The highest BCUT2D eigenvalue weighted by Crippen LogP contribution is 2.33. The predicted molar refractivity (Wildman–Crippen MR) is 160 cm³/mol. The second-order valence-corrected chi connectivity index (χ2v) is 9.92. The van der Waals surface area contributed by atoms with Gasteiger partial charge in [-0.1, -0.05) is 103 Å². The Morgan fingerprint density at radius 2 is 1.05 bits per heavy atom. The molecule has 0 bridgehead atoms. The fourth-order valence-corrected chi connectivity index (χ4v) is 5.56. The summed E-state index contributed by atoms with van der Waals surface area (Å²) in [6.45, 7) is 4.34. The van der Waals surface area contributed by atoms with Gasteiger partial charge in [-0.3, -0.25) is 4.98 Å². The van der Waals surface area contributed by atoms with Gasteiger partial charge in [0.25, 0.3) is 0 Å². The number of rotatable bonds is 3. The molecule has 0 fully saturated rings. The summed E-state index contributed by atoms with van der Waals surface area (Å²) in [5, 5.41) is 4.88. The van der Waals surface area contributed by atoms with Gasteiger partial charge in [0.15, 0.2) is 0 Å². The first-order chi connectivity index (χ1) is 18.7. The summed E-state index contributed by atoms with van der Waals surface area (Å²) in [6, 6.07) is 41.1. The van der Waals surface area contributed by atoms with Crippen LogP contribution in [0.5, 0.6) is 0 Å². The number of hydrogen-bond donors (Lipinski definition) is 0. The van der Waals surface area contributed by atoms with Gasteiger partial charge in [0.1, 0.15) is 0 Å². The van der Waals surface area contributed by atoms with E-state index in [0.717, 1.165) is 22.3 Å². The molecule has 2 aromatic heterocycles. The number of fused-ring (bicyclic) bond motifs is 4. The van der Waals surface area contributed by atoms with Gasteiger partial charge in [0, 0.05) is 22.5 Å². The van der Waals surface area contributed by atoms with Crippen LogP contribution in [-0.4, -0.2) is 9.97 Å². The number of hydrogen-bond acceptors (Lipinski definition) is 2. The van der Waals surface area contributed by atoms with Gasteiger partial charge in [0.2, 0.25) is 0 Å². The summed E-state index contributed by atoms with van der Waals surface area (Å²) >= 11 is 0. The van der Waals surface area contributed by atoms with Gasteiger partial charge in [-0.25, -0.2) is 4.98 Å². The second kappa shape index (κ2) is 8.93. The maximum absolute atomic E-state index is 5.09.